The van der Waals surface area contributed by atoms with Gasteiger partial charge in [-0.25, -0.2) is 0 Å². The van der Waals surface area contributed by atoms with E-state index in [0.717, 1.165) is 54.6 Å². The van der Waals surface area contributed by atoms with Crippen molar-refractivity contribution in [1.29, 1.82) is 0 Å². The Balaban J connectivity index is 1.39. The fourth-order valence-electron chi connectivity index (χ4n) is 3.30. The zero-order valence-corrected chi connectivity index (χ0v) is 13.9. The van der Waals surface area contributed by atoms with E-state index in [1.54, 1.807) is 0 Å². The Morgan fingerprint density at radius 2 is 2.17 bits per heavy atom. The molecular weight excluding hydrogens is 304 g/mol. The maximum Gasteiger partial charge on any atom is 0.231 e. The highest BCUT2D eigenvalue weighted by molar-refractivity contribution is 5.48. The molecule has 1 fully saturated rings. The van der Waals surface area contributed by atoms with E-state index >= 15 is 0 Å². The highest BCUT2D eigenvalue weighted by Crippen LogP contribution is 2.35. The van der Waals surface area contributed by atoms with Gasteiger partial charge in [-0.2, -0.15) is 5.10 Å². The predicted octanol–water partition coefficient (Wildman–Crippen LogP) is 2.27. The summed E-state index contributed by atoms with van der Waals surface area (Å²) >= 11 is 0. The first-order valence-corrected chi connectivity index (χ1v) is 8.46. The summed E-state index contributed by atoms with van der Waals surface area (Å²) in [5.74, 6) is 2.68. The van der Waals surface area contributed by atoms with Crippen LogP contribution in [0.5, 0.6) is 11.5 Å². The third-order valence-electron chi connectivity index (χ3n) is 4.59. The van der Waals surface area contributed by atoms with Gasteiger partial charge in [0.2, 0.25) is 6.79 Å². The minimum Gasteiger partial charge on any atom is -0.454 e. The lowest BCUT2D eigenvalue weighted by atomic mass is 10.0. The average Bonchev–Trinajstić information content (AvgIpc) is 3.10. The number of hydrogen-bond acceptors (Lipinski definition) is 6. The highest BCUT2D eigenvalue weighted by atomic mass is 16.7. The average molecular weight is 326 g/mol. The predicted molar refractivity (Wildman–Crippen MR) is 91.4 cm³/mol. The van der Waals surface area contributed by atoms with Gasteiger partial charge in [-0.15, -0.1) is 5.10 Å². The van der Waals surface area contributed by atoms with Gasteiger partial charge in [-0.05, 0) is 38.0 Å². The Labute approximate surface area is 141 Å². The second-order valence-electron chi connectivity index (χ2n) is 6.35. The van der Waals surface area contributed by atoms with Gasteiger partial charge < -0.3 is 19.7 Å². The van der Waals surface area contributed by atoms with E-state index in [1.165, 1.54) is 6.42 Å². The normalized spacial score (nSPS) is 19.5. The summed E-state index contributed by atoms with van der Waals surface area (Å²) in [6.45, 7) is 5.04. The molecule has 2 aromatic rings. The van der Waals surface area contributed by atoms with Crippen LogP contribution < -0.4 is 19.7 Å². The van der Waals surface area contributed by atoms with E-state index < -0.39 is 0 Å². The van der Waals surface area contributed by atoms with E-state index in [4.69, 9.17) is 9.47 Å². The van der Waals surface area contributed by atoms with Crippen molar-refractivity contribution in [2.24, 2.45) is 0 Å². The van der Waals surface area contributed by atoms with Crippen LogP contribution >= 0.6 is 0 Å². The molecule has 4 rings (SSSR count). The summed E-state index contributed by atoms with van der Waals surface area (Å²) < 4.78 is 11.0. The summed E-state index contributed by atoms with van der Waals surface area (Å²) in [6, 6.07) is 10.6. The summed E-state index contributed by atoms with van der Waals surface area (Å²) in [7, 11) is 0. The number of ether oxygens (including phenoxy) is 2. The lowest BCUT2D eigenvalue weighted by Gasteiger charge is -2.33. The largest absolute Gasteiger partial charge is 0.454 e. The van der Waals surface area contributed by atoms with Crippen molar-refractivity contribution in [1.82, 2.24) is 15.5 Å². The van der Waals surface area contributed by atoms with Crippen LogP contribution in [-0.4, -0.2) is 36.1 Å². The molecule has 6 heteroatoms. The van der Waals surface area contributed by atoms with Gasteiger partial charge in [-0.3, -0.25) is 0 Å². The van der Waals surface area contributed by atoms with Crippen LogP contribution in [0.15, 0.2) is 30.3 Å². The van der Waals surface area contributed by atoms with Crippen molar-refractivity contribution in [3.05, 3.63) is 41.6 Å². The second-order valence-corrected chi connectivity index (χ2v) is 6.35. The molecule has 24 heavy (non-hydrogen) atoms. The molecule has 1 aromatic heterocycles. The van der Waals surface area contributed by atoms with Crippen LogP contribution in [0, 0.1) is 6.92 Å². The maximum atomic E-state index is 5.58. The van der Waals surface area contributed by atoms with Gasteiger partial charge in [0.1, 0.15) is 0 Å². The van der Waals surface area contributed by atoms with E-state index in [1.807, 2.05) is 25.1 Å². The van der Waals surface area contributed by atoms with Crippen molar-refractivity contribution in [3.63, 3.8) is 0 Å². The van der Waals surface area contributed by atoms with Crippen LogP contribution in [0.1, 0.15) is 24.1 Å². The zero-order chi connectivity index (χ0) is 16.4. The van der Waals surface area contributed by atoms with Gasteiger partial charge >= 0.3 is 0 Å². The standard InChI is InChI=1S/C18H22N4O2/c1-13-7-8-17(21-20-13)22-9-3-5-15(11-22)19-10-14-4-2-6-16-18(14)24-12-23-16/h2,4,6-8,15,19H,3,5,9-12H2,1H3/t15-/m1/s1. The maximum absolute atomic E-state index is 5.58. The van der Waals surface area contributed by atoms with Gasteiger partial charge in [0.15, 0.2) is 17.3 Å². The number of nitrogens with one attached hydrogen (secondary N) is 1. The number of piperidine rings is 1. The summed E-state index contributed by atoms with van der Waals surface area (Å²) in [5.41, 5.74) is 2.10. The number of hydrogen-bond donors (Lipinski definition) is 1. The molecule has 0 spiro atoms. The molecule has 126 valence electrons. The smallest absolute Gasteiger partial charge is 0.231 e. The molecule has 2 aliphatic rings. The number of aromatic nitrogens is 2. The molecule has 2 aliphatic heterocycles. The lowest BCUT2D eigenvalue weighted by Crippen LogP contribution is -2.45. The van der Waals surface area contributed by atoms with Gasteiger partial charge in [-0.1, -0.05) is 12.1 Å². The Bertz CT molecular complexity index is 705. The van der Waals surface area contributed by atoms with Gasteiger partial charge in [0.25, 0.3) is 0 Å². The molecule has 0 bridgehead atoms. The number of benzene rings is 1. The number of fused-ring (bicyclic) bond motifs is 1. The van der Waals surface area contributed by atoms with E-state index in [2.05, 4.69) is 32.5 Å². The zero-order valence-electron chi connectivity index (χ0n) is 13.9. The van der Waals surface area contributed by atoms with Crippen molar-refractivity contribution in [2.45, 2.75) is 32.4 Å². The first-order valence-electron chi connectivity index (χ1n) is 8.46. The third-order valence-corrected chi connectivity index (χ3v) is 4.59. The molecule has 0 aliphatic carbocycles. The van der Waals surface area contributed by atoms with Crippen molar-refractivity contribution < 1.29 is 9.47 Å². The van der Waals surface area contributed by atoms with E-state index in [9.17, 15) is 0 Å². The molecule has 0 unspecified atom stereocenters. The summed E-state index contributed by atoms with van der Waals surface area (Å²) in [6.07, 6.45) is 2.32. The molecule has 1 atom stereocenters. The molecule has 0 radical (unpaired) electrons. The minimum absolute atomic E-state index is 0.315. The fraction of sp³-hybridized carbons (Fsp3) is 0.444. The lowest BCUT2D eigenvalue weighted by molar-refractivity contribution is 0.173. The van der Waals surface area contributed by atoms with Crippen LogP contribution in [-0.2, 0) is 6.54 Å². The van der Waals surface area contributed by atoms with Crippen LogP contribution in [0.25, 0.3) is 0 Å². The molecule has 1 aromatic carbocycles. The van der Waals surface area contributed by atoms with Crippen molar-refractivity contribution in [2.75, 3.05) is 24.8 Å². The Morgan fingerprint density at radius 1 is 1.21 bits per heavy atom. The summed E-state index contributed by atoms with van der Waals surface area (Å²) in [4.78, 5) is 2.31. The molecule has 3 heterocycles. The molecule has 0 amide bonds. The first kappa shape index (κ1) is 15.2. The fourth-order valence-corrected chi connectivity index (χ4v) is 3.30. The molecule has 1 N–H and O–H groups in total. The van der Waals surface area contributed by atoms with Crippen molar-refractivity contribution in [3.8, 4) is 11.5 Å². The minimum atomic E-state index is 0.315. The SMILES string of the molecule is Cc1ccc(N2CCC[C@@H](NCc3cccc4c3OCO4)C2)nn1. The number of aryl methyl sites for hydroxylation is 1. The number of anilines is 1. The van der Waals surface area contributed by atoms with E-state index in [0.29, 0.717) is 12.8 Å². The van der Waals surface area contributed by atoms with E-state index in [-0.39, 0.29) is 0 Å². The first-order chi connectivity index (χ1) is 11.8. The van der Waals surface area contributed by atoms with Crippen LogP contribution in [0.3, 0.4) is 0 Å². The van der Waals surface area contributed by atoms with Gasteiger partial charge in [0.05, 0.1) is 5.69 Å². The Kier molecular flexibility index (Phi) is 4.21. The monoisotopic (exact) mass is 326 g/mol. The quantitative estimate of drug-likeness (QED) is 0.930. The Morgan fingerprint density at radius 3 is 3.04 bits per heavy atom. The third kappa shape index (κ3) is 3.14. The topological polar surface area (TPSA) is 59.5 Å². The highest BCUT2D eigenvalue weighted by Gasteiger charge is 2.22. The molecule has 1 saturated heterocycles. The number of nitrogens with zero attached hydrogens (tertiary/aromatic N) is 3. The molecule has 0 saturated carbocycles. The number of rotatable bonds is 4. The number of para-hydroxylation sites is 1. The van der Waals surface area contributed by atoms with Gasteiger partial charge in [0, 0.05) is 31.2 Å². The van der Waals surface area contributed by atoms with Crippen LogP contribution in [0.4, 0.5) is 5.82 Å². The molecular formula is C18H22N4O2. The van der Waals surface area contributed by atoms with Crippen LogP contribution in [0.2, 0.25) is 0 Å². The molecule has 6 nitrogen and oxygen atoms in total. The van der Waals surface area contributed by atoms with Crippen molar-refractivity contribution >= 4 is 5.82 Å². The second kappa shape index (κ2) is 6.65. The summed E-state index contributed by atoms with van der Waals surface area (Å²) in [5, 5.41) is 12.1. The Hall–Kier alpha value is -2.34.